The van der Waals surface area contributed by atoms with Crippen molar-refractivity contribution in [2.75, 3.05) is 11.4 Å². The Labute approximate surface area is 111 Å². The lowest BCUT2D eigenvalue weighted by molar-refractivity contribution is -0.138. The van der Waals surface area contributed by atoms with Crippen molar-refractivity contribution in [1.82, 2.24) is 0 Å². The van der Waals surface area contributed by atoms with Crippen LogP contribution < -0.4 is 4.90 Å². The third-order valence-corrected chi connectivity index (χ3v) is 3.36. The van der Waals surface area contributed by atoms with Crippen molar-refractivity contribution >= 4 is 5.69 Å². The van der Waals surface area contributed by atoms with E-state index >= 15 is 0 Å². The lowest BCUT2D eigenvalue weighted by Crippen LogP contribution is -2.32. The number of aliphatic hydroxyl groups excluding tert-OH is 1. The van der Waals surface area contributed by atoms with Gasteiger partial charge >= 0.3 is 6.18 Å². The van der Waals surface area contributed by atoms with Crippen molar-refractivity contribution in [1.29, 1.82) is 0 Å². The zero-order chi connectivity index (χ0) is 14.6. The summed E-state index contributed by atoms with van der Waals surface area (Å²) in [5.74, 6) is 0. The molecule has 2 nitrogen and oxygen atoms in total. The first-order chi connectivity index (χ1) is 8.85. The van der Waals surface area contributed by atoms with E-state index in [4.69, 9.17) is 5.11 Å². The molecule has 0 heterocycles. The summed E-state index contributed by atoms with van der Waals surface area (Å²) in [6.45, 7) is 5.94. The second-order valence-electron chi connectivity index (χ2n) is 4.54. The van der Waals surface area contributed by atoms with E-state index in [-0.39, 0.29) is 11.6 Å². The largest absolute Gasteiger partial charge is 0.416 e. The first kappa shape index (κ1) is 15.8. The van der Waals surface area contributed by atoms with Gasteiger partial charge in [-0.1, -0.05) is 13.0 Å². The molecule has 0 bridgehead atoms. The molecule has 1 aromatic rings. The molecule has 0 aliphatic rings. The number of hydrogen-bond acceptors (Lipinski definition) is 2. The maximum Gasteiger partial charge on any atom is 0.416 e. The summed E-state index contributed by atoms with van der Waals surface area (Å²) in [7, 11) is 0. The summed E-state index contributed by atoms with van der Waals surface area (Å²) in [5.41, 5.74) is -0.299. The average molecular weight is 275 g/mol. The van der Waals surface area contributed by atoms with Gasteiger partial charge in [0.1, 0.15) is 0 Å². The minimum atomic E-state index is -4.44. The molecule has 0 radical (unpaired) electrons. The molecule has 0 amide bonds. The van der Waals surface area contributed by atoms with E-state index in [1.54, 1.807) is 6.07 Å². The van der Waals surface area contributed by atoms with Crippen LogP contribution in [0.5, 0.6) is 0 Å². The number of hydrogen-bond donors (Lipinski definition) is 1. The number of halogens is 3. The van der Waals surface area contributed by atoms with Gasteiger partial charge in [-0.15, -0.1) is 0 Å². The maximum atomic E-state index is 12.9. The van der Waals surface area contributed by atoms with E-state index in [9.17, 15) is 13.2 Å². The van der Waals surface area contributed by atoms with Crippen LogP contribution in [-0.2, 0) is 12.8 Å². The number of anilines is 1. The summed E-state index contributed by atoms with van der Waals surface area (Å²) < 4.78 is 38.8. The number of alkyl halides is 3. The first-order valence-corrected chi connectivity index (χ1v) is 6.42. The standard InChI is InChI=1S/C14H20F3NO/c1-4-10(3)18(5-2)12-7-6-11(9-19)13(8-12)14(15,16)17/h6-8,10,19H,4-5,9H2,1-3H3. The predicted octanol–water partition coefficient (Wildman–Crippen LogP) is 3.82. The molecule has 0 fully saturated rings. The van der Waals surface area contributed by atoms with Gasteiger partial charge in [0.15, 0.2) is 0 Å². The fourth-order valence-corrected chi connectivity index (χ4v) is 2.11. The monoisotopic (exact) mass is 275 g/mol. The highest BCUT2D eigenvalue weighted by Crippen LogP contribution is 2.35. The molecule has 1 atom stereocenters. The van der Waals surface area contributed by atoms with Crippen molar-refractivity contribution in [3.05, 3.63) is 29.3 Å². The van der Waals surface area contributed by atoms with Gasteiger partial charge in [-0.2, -0.15) is 13.2 Å². The highest BCUT2D eigenvalue weighted by Gasteiger charge is 2.33. The molecule has 5 heteroatoms. The lowest BCUT2D eigenvalue weighted by atomic mass is 10.0. The van der Waals surface area contributed by atoms with Crippen LogP contribution in [0.15, 0.2) is 18.2 Å². The van der Waals surface area contributed by atoms with E-state index < -0.39 is 18.3 Å². The molecule has 0 aliphatic heterocycles. The number of aliphatic hydroxyl groups is 1. The van der Waals surface area contributed by atoms with Crippen LogP contribution in [0.1, 0.15) is 38.3 Å². The number of rotatable bonds is 5. The van der Waals surface area contributed by atoms with Gasteiger partial charge in [0, 0.05) is 18.3 Å². The van der Waals surface area contributed by atoms with E-state index in [0.29, 0.717) is 12.2 Å². The fraction of sp³-hybridized carbons (Fsp3) is 0.571. The molecule has 0 saturated carbocycles. The Hall–Kier alpha value is -1.23. The molecule has 0 spiro atoms. The Balaban J connectivity index is 3.24. The Morgan fingerprint density at radius 2 is 1.89 bits per heavy atom. The summed E-state index contributed by atoms with van der Waals surface area (Å²) in [5, 5.41) is 9.01. The highest BCUT2D eigenvalue weighted by atomic mass is 19.4. The first-order valence-electron chi connectivity index (χ1n) is 6.42. The van der Waals surface area contributed by atoms with Gasteiger partial charge in [0.25, 0.3) is 0 Å². The van der Waals surface area contributed by atoms with Crippen molar-refractivity contribution in [2.45, 2.75) is 46.0 Å². The third kappa shape index (κ3) is 3.62. The van der Waals surface area contributed by atoms with Crippen LogP contribution in [0.25, 0.3) is 0 Å². The van der Waals surface area contributed by atoms with Crippen molar-refractivity contribution in [3.63, 3.8) is 0 Å². The lowest BCUT2D eigenvalue weighted by Gasteiger charge is -2.30. The second kappa shape index (κ2) is 6.28. The van der Waals surface area contributed by atoms with Crippen molar-refractivity contribution in [2.24, 2.45) is 0 Å². The molecule has 1 unspecified atom stereocenters. The van der Waals surface area contributed by atoms with Crippen LogP contribution in [0.4, 0.5) is 18.9 Å². The van der Waals surface area contributed by atoms with Crippen LogP contribution >= 0.6 is 0 Å². The second-order valence-corrected chi connectivity index (χ2v) is 4.54. The molecular formula is C14H20F3NO. The zero-order valence-electron chi connectivity index (χ0n) is 11.5. The van der Waals surface area contributed by atoms with Crippen LogP contribution in [0.3, 0.4) is 0 Å². The van der Waals surface area contributed by atoms with E-state index in [0.717, 1.165) is 12.5 Å². The molecule has 1 N–H and O–H groups in total. The maximum absolute atomic E-state index is 12.9. The van der Waals surface area contributed by atoms with Gasteiger partial charge in [-0.25, -0.2) is 0 Å². The Morgan fingerprint density at radius 1 is 1.26 bits per heavy atom. The minimum Gasteiger partial charge on any atom is -0.392 e. The normalized spacial score (nSPS) is 13.4. The molecule has 0 aliphatic carbocycles. The Bertz CT molecular complexity index is 418. The molecular weight excluding hydrogens is 255 g/mol. The Morgan fingerprint density at radius 3 is 2.32 bits per heavy atom. The van der Waals surface area contributed by atoms with Gasteiger partial charge in [-0.05, 0) is 38.0 Å². The van der Waals surface area contributed by atoms with Gasteiger partial charge in [0.05, 0.1) is 12.2 Å². The van der Waals surface area contributed by atoms with E-state index in [1.165, 1.54) is 6.07 Å². The predicted molar refractivity (Wildman–Crippen MR) is 70.1 cm³/mol. The summed E-state index contributed by atoms with van der Waals surface area (Å²) in [6, 6.07) is 4.28. The molecule has 1 aromatic carbocycles. The summed E-state index contributed by atoms with van der Waals surface area (Å²) in [4.78, 5) is 1.93. The quantitative estimate of drug-likeness (QED) is 0.883. The summed E-state index contributed by atoms with van der Waals surface area (Å²) in [6.07, 6.45) is -3.58. The highest BCUT2D eigenvalue weighted by molar-refractivity contribution is 5.52. The molecule has 1 rings (SSSR count). The SMILES string of the molecule is CCC(C)N(CC)c1ccc(CO)c(C(F)(F)F)c1. The van der Waals surface area contributed by atoms with Gasteiger partial charge in [0.2, 0.25) is 0 Å². The van der Waals surface area contributed by atoms with Crippen LogP contribution in [-0.4, -0.2) is 17.7 Å². The van der Waals surface area contributed by atoms with Crippen LogP contribution in [0, 0.1) is 0 Å². The van der Waals surface area contributed by atoms with Crippen LogP contribution in [0.2, 0.25) is 0 Å². The molecule has 108 valence electrons. The molecule has 0 aromatic heterocycles. The van der Waals surface area contributed by atoms with E-state index in [2.05, 4.69) is 0 Å². The number of benzene rings is 1. The smallest absolute Gasteiger partial charge is 0.392 e. The third-order valence-electron chi connectivity index (χ3n) is 3.36. The van der Waals surface area contributed by atoms with Crippen molar-refractivity contribution in [3.8, 4) is 0 Å². The van der Waals surface area contributed by atoms with E-state index in [1.807, 2.05) is 25.7 Å². The zero-order valence-corrected chi connectivity index (χ0v) is 11.5. The summed E-state index contributed by atoms with van der Waals surface area (Å²) >= 11 is 0. The number of nitrogens with zero attached hydrogens (tertiary/aromatic N) is 1. The van der Waals surface area contributed by atoms with Gasteiger partial charge in [-0.3, -0.25) is 0 Å². The topological polar surface area (TPSA) is 23.5 Å². The Kier molecular flexibility index (Phi) is 5.23. The molecule has 0 saturated heterocycles. The minimum absolute atomic E-state index is 0.0866. The van der Waals surface area contributed by atoms with Crippen molar-refractivity contribution < 1.29 is 18.3 Å². The van der Waals surface area contributed by atoms with Gasteiger partial charge < -0.3 is 10.0 Å². The molecule has 19 heavy (non-hydrogen) atoms. The average Bonchev–Trinajstić information content (AvgIpc) is 2.38. The fourth-order valence-electron chi connectivity index (χ4n) is 2.11.